The second-order valence-corrected chi connectivity index (χ2v) is 5.71. The maximum atomic E-state index is 13.9. The molecule has 0 aliphatic rings. The van der Waals surface area contributed by atoms with Gasteiger partial charge in [0.25, 0.3) is 0 Å². The summed E-state index contributed by atoms with van der Waals surface area (Å²) in [6, 6.07) is 4.44. The van der Waals surface area contributed by atoms with Gasteiger partial charge < -0.3 is 4.74 Å². The highest BCUT2D eigenvalue weighted by Gasteiger charge is 2.24. The quantitative estimate of drug-likeness (QED) is 0.455. The van der Waals surface area contributed by atoms with Crippen LogP contribution in [-0.4, -0.2) is 31.0 Å². The number of benzene rings is 1. The molecule has 0 radical (unpaired) electrons. The lowest BCUT2D eigenvalue weighted by Crippen LogP contribution is -2.31. The van der Waals surface area contributed by atoms with Crippen molar-refractivity contribution in [1.82, 2.24) is 4.98 Å². The van der Waals surface area contributed by atoms with Crippen molar-refractivity contribution < 1.29 is 23.1 Å². The molecule has 0 fully saturated rings. The number of carbonyl (C=O) groups is 2. The van der Waals surface area contributed by atoms with E-state index in [1.54, 1.807) is 0 Å². The minimum atomic E-state index is -0.843. The van der Waals surface area contributed by atoms with E-state index in [0.29, 0.717) is 0 Å². The lowest BCUT2D eigenvalue weighted by molar-refractivity contribution is -0.117. The third-order valence-electron chi connectivity index (χ3n) is 3.41. The molecule has 1 heterocycles. The van der Waals surface area contributed by atoms with E-state index in [1.165, 1.54) is 26.3 Å². The lowest BCUT2D eigenvalue weighted by Gasteiger charge is -2.19. The van der Waals surface area contributed by atoms with Crippen LogP contribution in [0.1, 0.15) is 15.9 Å². The summed E-state index contributed by atoms with van der Waals surface area (Å²) in [5, 5.41) is -0.439. The molecule has 1 aromatic heterocycles. The van der Waals surface area contributed by atoms with E-state index >= 15 is 0 Å². The number of nitrogens with zero attached hydrogens (tertiary/aromatic N) is 2. The molecule has 0 bridgehead atoms. The fraction of sp³-hybridized carbons (Fsp3) is 0.188. The Morgan fingerprint density at radius 1 is 1.16 bits per heavy atom. The van der Waals surface area contributed by atoms with Crippen molar-refractivity contribution in [2.75, 3.05) is 19.1 Å². The predicted molar refractivity (Wildman–Crippen MR) is 89.1 cm³/mol. The van der Waals surface area contributed by atoms with Gasteiger partial charge in [-0.2, -0.15) is 0 Å². The molecule has 25 heavy (non-hydrogen) atoms. The second-order valence-electron chi connectivity index (χ2n) is 4.95. The second kappa shape index (κ2) is 7.76. The summed E-state index contributed by atoms with van der Waals surface area (Å²) in [6.45, 7) is 0. The highest BCUT2D eigenvalue weighted by molar-refractivity contribution is 6.31. The van der Waals surface area contributed by atoms with Crippen LogP contribution in [0.5, 0.6) is 0 Å². The van der Waals surface area contributed by atoms with Crippen molar-refractivity contribution in [2.24, 2.45) is 0 Å². The van der Waals surface area contributed by atoms with E-state index in [2.05, 4.69) is 9.72 Å². The first-order valence-electron chi connectivity index (χ1n) is 6.90. The molecule has 0 aliphatic carbocycles. The summed E-state index contributed by atoms with van der Waals surface area (Å²) in [5.41, 5.74) is -0.297. The SMILES string of the molecule is COC(=O)c1ccc(Cl)nc1N(C)C(=O)Cc1c(F)ccc(F)c1Cl. The van der Waals surface area contributed by atoms with Crippen molar-refractivity contribution in [3.05, 3.63) is 57.2 Å². The average Bonchev–Trinajstić information content (AvgIpc) is 2.60. The molecule has 2 aromatic rings. The van der Waals surface area contributed by atoms with Gasteiger partial charge >= 0.3 is 5.97 Å². The van der Waals surface area contributed by atoms with Gasteiger partial charge in [0, 0.05) is 12.6 Å². The van der Waals surface area contributed by atoms with Crippen molar-refractivity contribution in [1.29, 1.82) is 0 Å². The van der Waals surface area contributed by atoms with Gasteiger partial charge in [-0.25, -0.2) is 18.6 Å². The first-order valence-corrected chi connectivity index (χ1v) is 7.65. The highest BCUT2D eigenvalue weighted by Crippen LogP contribution is 2.26. The fourth-order valence-corrected chi connectivity index (χ4v) is 2.43. The highest BCUT2D eigenvalue weighted by atomic mass is 35.5. The number of methoxy groups -OCH3 is 1. The van der Waals surface area contributed by atoms with E-state index in [4.69, 9.17) is 23.2 Å². The van der Waals surface area contributed by atoms with Crippen LogP contribution >= 0.6 is 23.2 Å². The minimum Gasteiger partial charge on any atom is -0.465 e. The Morgan fingerprint density at radius 3 is 2.44 bits per heavy atom. The molecule has 0 atom stereocenters. The molecule has 132 valence electrons. The van der Waals surface area contributed by atoms with Crippen molar-refractivity contribution in [3.8, 4) is 0 Å². The number of halogens is 4. The summed E-state index contributed by atoms with van der Waals surface area (Å²) in [5.74, 6) is -3.14. The van der Waals surface area contributed by atoms with Gasteiger partial charge in [0.1, 0.15) is 22.4 Å². The normalized spacial score (nSPS) is 10.5. The van der Waals surface area contributed by atoms with Crippen LogP contribution in [0.15, 0.2) is 24.3 Å². The van der Waals surface area contributed by atoms with E-state index in [9.17, 15) is 18.4 Å². The Morgan fingerprint density at radius 2 is 1.80 bits per heavy atom. The molecule has 1 aromatic carbocycles. The fourth-order valence-electron chi connectivity index (χ4n) is 2.07. The lowest BCUT2D eigenvalue weighted by atomic mass is 10.1. The number of carbonyl (C=O) groups excluding carboxylic acids is 2. The molecule has 9 heteroatoms. The van der Waals surface area contributed by atoms with Gasteiger partial charge in [-0.05, 0) is 24.3 Å². The summed E-state index contributed by atoms with van der Waals surface area (Å²) in [6.07, 6.45) is -0.534. The Kier molecular flexibility index (Phi) is 5.92. The minimum absolute atomic E-state index is 0.00596. The van der Waals surface area contributed by atoms with Crippen LogP contribution in [0.3, 0.4) is 0 Å². The topological polar surface area (TPSA) is 59.5 Å². The molecule has 0 aliphatic heterocycles. The van der Waals surface area contributed by atoms with E-state index in [0.717, 1.165) is 17.0 Å². The zero-order valence-corrected chi connectivity index (χ0v) is 14.7. The molecule has 0 saturated heterocycles. The first-order chi connectivity index (χ1) is 11.8. The smallest absolute Gasteiger partial charge is 0.341 e. The number of ether oxygens (including phenoxy) is 1. The number of pyridine rings is 1. The number of aromatic nitrogens is 1. The molecule has 1 amide bonds. The standard InChI is InChI=1S/C16H12Cl2F2N2O3/c1-22(15-8(16(24)25-2)3-6-12(17)21-15)13(23)7-9-10(19)4-5-11(20)14(9)18/h3-6H,7H2,1-2H3. The van der Waals surface area contributed by atoms with Crippen LogP contribution in [0, 0.1) is 11.6 Å². The van der Waals surface area contributed by atoms with Crippen molar-refractivity contribution >= 4 is 40.9 Å². The zero-order chi connectivity index (χ0) is 18.7. The van der Waals surface area contributed by atoms with Crippen molar-refractivity contribution in [3.63, 3.8) is 0 Å². The molecule has 0 spiro atoms. The van der Waals surface area contributed by atoms with Gasteiger partial charge in [-0.3, -0.25) is 9.69 Å². The first kappa shape index (κ1) is 19.1. The zero-order valence-electron chi connectivity index (χ0n) is 13.1. The van der Waals surface area contributed by atoms with Crippen molar-refractivity contribution in [2.45, 2.75) is 6.42 Å². The molecular weight excluding hydrogens is 377 g/mol. The molecule has 0 N–H and O–H groups in total. The van der Waals surface area contributed by atoms with Gasteiger partial charge in [-0.1, -0.05) is 23.2 Å². The van der Waals surface area contributed by atoms with Crippen LogP contribution < -0.4 is 4.90 Å². The van der Waals surface area contributed by atoms with Crippen LogP contribution in [0.2, 0.25) is 10.2 Å². The van der Waals surface area contributed by atoms with Gasteiger partial charge in [0.15, 0.2) is 5.82 Å². The van der Waals surface area contributed by atoms with Gasteiger partial charge in [0.2, 0.25) is 5.91 Å². The number of anilines is 1. The Labute approximate surface area is 152 Å². The maximum absolute atomic E-state index is 13.9. The number of rotatable bonds is 4. The van der Waals surface area contributed by atoms with Crippen LogP contribution in [0.25, 0.3) is 0 Å². The summed E-state index contributed by atoms with van der Waals surface area (Å²) < 4.78 is 32.0. The van der Waals surface area contributed by atoms with Crippen LogP contribution in [0.4, 0.5) is 14.6 Å². The maximum Gasteiger partial charge on any atom is 0.341 e. The average molecular weight is 389 g/mol. The van der Waals surface area contributed by atoms with E-state index < -0.39 is 35.0 Å². The third kappa shape index (κ3) is 4.05. The largest absolute Gasteiger partial charge is 0.465 e. The van der Waals surface area contributed by atoms with E-state index in [-0.39, 0.29) is 22.1 Å². The molecule has 0 saturated carbocycles. The third-order valence-corrected chi connectivity index (χ3v) is 4.02. The Bertz CT molecular complexity index is 846. The predicted octanol–water partition coefficient (Wildman–Crippen LogP) is 3.66. The Hall–Kier alpha value is -2.25. The van der Waals surface area contributed by atoms with E-state index in [1.807, 2.05) is 0 Å². The molecule has 5 nitrogen and oxygen atoms in total. The number of hydrogen-bond acceptors (Lipinski definition) is 4. The number of esters is 1. The summed E-state index contributed by atoms with van der Waals surface area (Å²) in [7, 11) is 2.49. The number of likely N-dealkylation sites (N-methyl/N-ethyl adjacent to an activating group) is 1. The molecule has 0 unspecified atom stereocenters. The van der Waals surface area contributed by atoms with Gasteiger partial charge in [-0.15, -0.1) is 0 Å². The summed E-state index contributed by atoms with van der Waals surface area (Å²) >= 11 is 11.5. The molecule has 2 rings (SSSR count). The monoisotopic (exact) mass is 388 g/mol. The Balaban J connectivity index is 2.37. The van der Waals surface area contributed by atoms with Gasteiger partial charge in [0.05, 0.1) is 18.6 Å². The summed E-state index contributed by atoms with van der Waals surface area (Å²) in [4.78, 5) is 29.2. The van der Waals surface area contributed by atoms with Crippen LogP contribution in [-0.2, 0) is 16.0 Å². The number of amides is 1. The molecular formula is C16H12Cl2F2N2O3. The number of hydrogen-bond donors (Lipinski definition) is 0.